The van der Waals surface area contributed by atoms with Gasteiger partial charge in [0.25, 0.3) is 0 Å². The summed E-state index contributed by atoms with van der Waals surface area (Å²) >= 11 is 0. The number of carbonyl (C=O) groups is 2. The second-order valence-corrected chi connectivity index (χ2v) is 9.01. The molecule has 0 saturated carbocycles. The smallest absolute Gasteiger partial charge is 0.457 e. The van der Waals surface area contributed by atoms with Gasteiger partial charge in [-0.1, -0.05) is 0 Å². The van der Waals surface area contributed by atoms with E-state index in [-0.39, 0.29) is 0 Å². The van der Waals surface area contributed by atoms with Crippen LogP contribution >= 0.6 is 0 Å². The molecule has 0 saturated heterocycles. The van der Waals surface area contributed by atoms with Crippen LogP contribution in [-0.2, 0) is 14.0 Å². The minimum absolute atomic E-state index is 1.08. The Labute approximate surface area is 105 Å². The molecule has 0 fully saturated rings. The van der Waals surface area contributed by atoms with E-state index in [2.05, 4.69) is 4.43 Å². The van der Waals surface area contributed by atoms with Crippen molar-refractivity contribution in [1.82, 2.24) is 0 Å². The van der Waals surface area contributed by atoms with E-state index in [0.717, 1.165) is 19.6 Å². The van der Waals surface area contributed by atoms with Crippen LogP contribution in [0, 0.1) is 0 Å². The molecule has 0 spiro atoms. The van der Waals surface area contributed by atoms with Gasteiger partial charge in [-0.25, -0.2) is 9.59 Å². The molecule has 19 heavy (non-hydrogen) atoms. The molecule has 0 aliphatic carbocycles. The molecular weight excluding hydrogens is 299 g/mol. The number of carboxylic acids is 2. The first-order chi connectivity index (χ1) is 8.09. The Morgan fingerprint density at radius 2 is 1.26 bits per heavy atom. The lowest BCUT2D eigenvalue weighted by atomic mass is 9.95. The molecule has 0 aliphatic heterocycles. The summed E-state index contributed by atoms with van der Waals surface area (Å²) in [5.74, 6) is -11.9. The molecule has 0 radical (unpaired) electrons. The van der Waals surface area contributed by atoms with Gasteiger partial charge in [0.2, 0.25) is 0 Å². The lowest BCUT2D eigenvalue weighted by Crippen LogP contribution is -2.69. The molecule has 0 bridgehead atoms. The van der Waals surface area contributed by atoms with Gasteiger partial charge < -0.3 is 14.6 Å². The van der Waals surface area contributed by atoms with Crippen molar-refractivity contribution in [2.24, 2.45) is 0 Å². The molecular formula is C8H11F5O5Si. The zero-order valence-corrected chi connectivity index (χ0v) is 11.0. The molecule has 0 aromatic heterocycles. The average Bonchev–Trinajstić information content (AvgIpc) is 2.09. The van der Waals surface area contributed by atoms with E-state index in [4.69, 9.17) is 10.2 Å². The molecule has 0 aromatic rings. The number of aliphatic carboxylic acids is 2. The summed E-state index contributed by atoms with van der Waals surface area (Å²) in [6.07, 6.45) is -6.39. The van der Waals surface area contributed by atoms with Gasteiger partial charge in [-0.15, -0.1) is 0 Å². The molecule has 11 heteroatoms. The Bertz CT molecular complexity index is 372. The summed E-state index contributed by atoms with van der Waals surface area (Å²) in [6.45, 7) is 3.25. The van der Waals surface area contributed by atoms with Gasteiger partial charge in [0.15, 0.2) is 8.32 Å². The summed E-state index contributed by atoms with van der Waals surface area (Å²) in [5.41, 5.74) is -4.70. The standard InChI is InChI=1S/C8H11F5O5Si/c1-19(2,3)18-6(4(14)15,5(16)17)7(9,10)8(11,12)13/h1-3H3,(H,14,15)(H,16,17). The molecule has 0 heterocycles. The monoisotopic (exact) mass is 310 g/mol. The van der Waals surface area contributed by atoms with E-state index in [0.29, 0.717) is 0 Å². The van der Waals surface area contributed by atoms with Crippen molar-refractivity contribution in [1.29, 1.82) is 0 Å². The SMILES string of the molecule is C[Si](C)(C)OC(C(=O)O)(C(=O)O)C(F)(F)C(F)(F)F. The largest absolute Gasteiger partial charge is 0.479 e. The van der Waals surface area contributed by atoms with Crippen LogP contribution < -0.4 is 0 Å². The topological polar surface area (TPSA) is 83.8 Å². The molecule has 0 atom stereocenters. The fourth-order valence-corrected chi connectivity index (χ4v) is 2.39. The highest BCUT2D eigenvalue weighted by atomic mass is 28.4. The summed E-state index contributed by atoms with van der Waals surface area (Å²) in [7, 11) is -3.35. The third-order valence-corrected chi connectivity index (χ3v) is 2.78. The number of alkyl halides is 5. The van der Waals surface area contributed by atoms with E-state index >= 15 is 0 Å². The van der Waals surface area contributed by atoms with Gasteiger partial charge in [0, 0.05) is 0 Å². The van der Waals surface area contributed by atoms with Crippen LogP contribution in [0.15, 0.2) is 0 Å². The maximum absolute atomic E-state index is 13.3. The minimum Gasteiger partial charge on any atom is -0.479 e. The van der Waals surface area contributed by atoms with Crippen LogP contribution in [0.3, 0.4) is 0 Å². The number of halogens is 5. The second kappa shape index (κ2) is 4.70. The fourth-order valence-electron chi connectivity index (χ4n) is 1.17. The summed E-state index contributed by atoms with van der Waals surface area (Å²) < 4.78 is 67.6. The van der Waals surface area contributed by atoms with Crippen molar-refractivity contribution >= 4 is 20.3 Å². The first-order valence-electron chi connectivity index (χ1n) is 4.71. The third kappa shape index (κ3) is 3.02. The molecule has 0 amide bonds. The Hall–Kier alpha value is -1.23. The molecule has 0 aromatic carbocycles. The fraction of sp³-hybridized carbons (Fsp3) is 0.750. The Morgan fingerprint density at radius 3 is 1.42 bits per heavy atom. The maximum Gasteiger partial charge on any atom is 0.457 e. The summed E-state index contributed by atoms with van der Waals surface area (Å²) in [4.78, 5) is 21.5. The molecule has 5 nitrogen and oxygen atoms in total. The number of rotatable bonds is 5. The molecule has 2 N–H and O–H groups in total. The highest BCUT2D eigenvalue weighted by molar-refractivity contribution is 6.70. The molecule has 0 rings (SSSR count). The van der Waals surface area contributed by atoms with Gasteiger partial charge >= 0.3 is 29.6 Å². The number of hydrogen-bond donors (Lipinski definition) is 2. The average molecular weight is 310 g/mol. The third-order valence-electron chi connectivity index (χ3n) is 1.86. The predicted molar refractivity (Wildman–Crippen MR) is 53.4 cm³/mol. The minimum atomic E-state index is -6.39. The predicted octanol–water partition coefficient (Wildman–Crippen LogP) is 1.94. The van der Waals surface area contributed by atoms with E-state index in [1.54, 1.807) is 0 Å². The lowest BCUT2D eigenvalue weighted by molar-refractivity contribution is -0.328. The first kappa shape index (κ1) is 17.8. The highest BCUT2D eigenvalue weighted by Gasteiger charge is 2.79. The van der Waals surface area contributed by atoms with Gasteiger partial charge in [-0.05, 0) is 19.6 Å². The van der Waals surface area contributed by atoms with E-state index in [1.807, 2.05) is 0 Å². The quantitative estimate of drug-likeness (QED) is 0.460. The van der Waals surface area contributed by atoms with Crippen molar-refractivity contribution < 1.29 is 46.2 Å². The van der Waals surface area contributed by atoms with Crippen LogP contribution in [0.5, 0.6) is 0 Å². The summed E-state index contributed by atoms with van der Waals surface area (Å²) in [6, 6.07) is 0. The van der Waals surface area contributed by atoms with Crippen molar-refractivity contribution in [2.45, 2.75) is 37.3 Å². The second-order valence-electron chi connectivity index (χ2n) is 4.58. The van der Waals surface area contributed by atoms with Gasteiger partial charge in [-0.2, -0.15) is 22.0 Å². The first-order valence-corrected chi connectivity index (χ1v) is 8.12. The summed E-state index contributed by atoms with van der Waals surface area (Å²) in [5, 5.41) is 17.2. The normalized spacial score (nSPS) is 14.3. The van der Waals surface area contributed by atoms with Crippen LogP contribution in [0.4, 0.5) is 22.0 Å². The molecule has 112 valence electrons. The van der Waals surface area contributed by atoms with Crippen molar-refractivity contribution in [3.8, 4) is 0 Å². The Kier molecular flexibility index (Phi) is 4.40. The zero-order valence-electron chi connectivity index (χ0n) is 10.0. The van der Waals surface area contributed by atoms with Gasteiger partial charge in [-0.3, -0.25) is 0 Å². The Balaban J connectivity index is 6.19. The number of carboxylic acid groups (broad SMARTS) is 2. The van der Waals surface area contributed by atoms with E-state index in [9.17, 15) is 31.5 Å². The van der Waals surface area contributed by atoms with Gasteiger partial charge in [0.05, 0.1) is 0 Å². The van der Waals surface area contributed by atoms with Crippen LogP contribution in [0.2, 0.25) is 19.6 Å². The van der Waals surface area contributed by atoms with Crippen molar-refractivity contribution in [2.75, 3.05) is 0 Å². The van der Waals surface area contributed by atoms with Gasteiger partial charge in [0.1, 0.15) is 0 Å². The van der Waals surface area contributed by atoms with Crippen LogP contribution in [0.25, 0.3) is 0 Å². The molecule has 0 aliphatic rings. The number of hydrogen-bond acceptors (Lipinski definition) is 3. The van der Waals surface area contributed by atoms with Crippen LogP contribution in [0.1, 0.15) is 0 Å². The lowest BCUT2D eigenvalue weighted by Gasteiger charge is -2.37. The Morgan fingerprint density at radius 1 is 0.947 bits per heavy atom. The molecule has 0 unspecified atom stereocenters. The maximum atomic E-state index is 13.3. The van der Waals surface area contributed by atoms with Crippen LogP contribution in [-0.4, -0.2) is 48.2 Å². The highest BCUT2D eigenvalue weighted by Crippen LogP contribution is 2.46. The van der Waals surface area contributed by atoms with Crippen molar-refractivity contribution in [3.05, 3.63) is 0 Å². The van der Waals surface area contributed by atoms with E-state index < -0.39 is 38.0 Å². The zero-order chi connectivity index (χ0) is 15.9. The van der Waals surface area contributed by atoms with Crippen molar-refractivity contribution in [3.63, 3.8) is 0 Å². The van der Waals surface area contributed by atoms with E-state index in [1.165, 1.54) is 0 Å².